The zero-order valence-corrected chi connectivity index (χ0v) is 18.3. The predicted octanol–water partition coefficient (Wildman–Crippen LogP) is 2.89. The van der Waals surface area contributed by atoms with Crippen LogP contribution in [0.25, 0.3) is 0 Å². The number of rotatable bonds is 7. The highest BCUT2D eigenvalue weighted by atomic mass is 32.2. The summed E-state index contributed by atoms with van der Waals surface area (Å²) in [5.41, 5.74) is 2.43. The van der Waals surface area contributed by atoms with Crippen LogP contribution >= 0.6 is 0 Å². The van der Waals surface area contributed by atoms with E-state index in [1.54, 1.807) is 32.0 Å². The van der Waals surface area contributed by atoms with Gasteiger partial charge in [-0.05, 0) is 56.4 Å². The summed E-state index contributed by atoms with van der Waals surface area (Å²) in [4.78, 5) is 14.0. The van der Waals surface area contributed by atoms with Crippen molar-refractivity contribution in [1.82, 2.24) is 14.9 Å². The monoisotopic (exact) mass is 431 g/mol. The first kappa shape index (κ1) is 20.9. The molecule has 162 valence electrons. The van der Waals surface area contributed by atoms with Gasteiger partial charge in [-0.2, -0.15) is 5.10 Å². The number of anilines is 2. The minimum absolute atomic E-state index is 0.101. The molecule has 1 aliphatic heterocycles. The number of nitrogens with one attached hydrogen (secondary N) is 3. The summed E-state index contributed by atoms with van der Waals surface area (Å²) in [7, 11) is -3.63. The lowest BCUT2D eigenvalue weighted by Crippen LogP contribution is -2.44. The Morgan fingerprint density at radius 1 is 1.20 bits per heavy atom. The maximum Gasteiger partial charge on any atom is 0.241 e. The van der Waals surface area contributed by atoms with Crippen molar-refractivity contribution in [3.63, 3.8) is 0 Å². The van der Waals surface area contributed by atoms with E-state index in [1.165, 1.54) is 18.5 Å². The summed E-state index contributed by atoms with van der Waals surface area (Å²) < 4.78 is 28.7. The van der Waals surface area contributed by atoms with Crippen LogP contribution in [0.3, 0.4) is 0 Å². The Morgan fingerprint density at radius 2 is 1.93 bits per heavy atom. The van der Waals surface area contributed by atoms with E-state index >= 15 is 0 Å². The largest absolute Gasteiger partial charge is 0.355 e. The van der Waals surface area contributed by atoms with Gasteiger partial charge in [0.05, 0.1) is 4.90 Å². The molecule has 8 nitrogen and oxygen atoms in total. The third kappa shape index (κ3) is 4.67. The number of aromatic amines is 1. The Kier molecular flexibility index (Phi) is 5.84. The standard InChI is InChI=1S/C21H29N5O3S/c1-3-21(27)22-17-6-7-19(14(2)12-17)30(28,29)25-16-8-10-26(11-9-16)20-13-18(23-24-20)15-4-5-15/h6-7,12-13,15-16,25H,3-5,8-11H2,1-2H3,(H,22,27)(H,23,24). The second kappa shape index (κ2) is 8.39. The zero-order chi connectivity index (χ0) is 21.3. The van der Waals surface area contributed by atoms with E-state index < -0.39 is 10.0 Å². The Balaban J connectivity index is 1.36. The van der Waals surface area contributed by atoms with Crippen molar-refractivity contribution in [2.45, 2.75) is 62.8 Å². The van der Waals surface area contributed by atoms with Gasteiger partial charge >= 0.3 is 0 Å². The lowest BCUT2D eigenvalue weighted by Gasteiger charge is -2.32. The Hall–Kier alpha value is -2.39. The van der Waals surface area contributed by atoms with Crippen LogP contribution in [-0.2, 0) is 14.8 Å². The molecule has 3 N–H and O–H groups in total. The van der Waals surface area contributed by atoms with Gasteiger partial charge in [0.2, 0.25) is 15.9 Å². The smallest absolute Gasteiger partial charge is 0.241 e. The Labute approximate surface area is 177 Å². The van der Waals surface area contributed by atoms with Crippen LogP contribution in [0.2, 0.25) is 0 Å². The van der Waals surface area contributed by atoms with E-state index in [1.807, 2.05) is 0 Å². The van der Waals surface area contributed by atoms with Gasteiger partial charge in [0.1, 0.15) is 0 Å². The minimum Gasteiger partial charge on any atom is -0.355 e. The number of amides is 1. The van der Waals surface area contributed by atoms with Crippen LogP contribution in [0.15, 0.2) is 29.2 Å². The molecule has 4 rings (SSSR count). The van der Waals surface area contributed by atoms with Gasteiger partial charge in [-0.25, -0.2) is 13.1 Å². The number of aromatic nitrogens is 2. The molecule has 0 spiro atoms. The van der Waals surface area contributed by atoms with Gasteiger partial charge in [0, 0.05) is 48.9 Å². The number of benzene rings is 1. The van der Waals surface area contributed by atoms with Crippen molar-refractivity contribution in [1.29, 1.82) is 0 Å². The second-order valence-electron chi connectivity index (χ2n) is 8.22. The lowest BCUT2D eigenvalue weighted by molar-refractivity contribution is -0.115. The van der Waals surface area contributed by atoms with Gasteiger partial charge in [-0.1, -0.05) is 6.92 Å². The zero-order valence-electron chi connectivity index (χ0n) is 17.4. The number of nitrogens with zero attached hydrogens (tertiary/aromatic N) is 2. The van der Waals surface area contributed by atoms with Crippen molar-refractivity contribution in [3.05, 3.63) is 35.5 Å². The molecule has 1 aromatic heterocycles. The molecule has 0 unspecified atom stereocenters. The van der Waals surface area contributed by atoms with Gasteiger partial charge in [-0.3, -0.25) is 9.89 Å². The molecule has 1 saturated carbocycles. The Bertz CT molecular complexity index is 1020. The fourth-order valence-electron chi connectivity index (χ4n) is 3.88. The number of piperidine rings is 1. The molecule has 2 heterocycles. The molecule has 2 aliphatic rings. The Morgan fingerprint density at radius 3 is 2.57 bits per heavy atom. The first-order chi connectivity index (χ1) is 14.4. The molecule has 1 saturated heterocycles. The van der Waals surface area contributed by atoms with Gasteiger partial charge < -0.3 is 10.2 Å². The molecular weight excluding hydrogens is 402 g/mol. The second-order valence-corrected chi connectivity index (χ2v) is 9.90. The van der Waals surface area contributed by atoms with E-state index in [2.05, 4.69) is 31.2 Å². The highest BCUT2D eigenvalue weighted by Gasteiger charge is 2.29. The van der Waals surface area contributed by atoms with Gasteiger partial charge in [0.15, 0.2) is 5.82 Å². The summed E-state index contributed by atoms with van der Waals surface area (Å²) in [5.74, 6) is 1.50. The normalized spacial score (nSPS) is 17.9. The van der Waals surface area contributed by atoms with Crippen molar-refractivity contribution in [3.8, 4) is 0 Å². The molecule has 0 atom stereocenters. The summed E-state index contributed by atoms with van der Waals surface area (Å²) in [5, 5.41) is 10.3. The van der Waals surface area contributed by atoms with Crippen molar-refractivity contribution in [2.75, 3.05) is 23.3 Å². The highest BCUT2D eigenvalue weighted by Crippen LogP contribution is 2.40. The SMILES string of the molecule is CCC(=O)Nc1ccc(S(=O)(=O)NC2CCN(c3cc(C4CC4)[nH]n3)CC2)c(C)c1. The number of aryl methyl sites for hydroxylation is 1. The minimum atomic E-state index is -3.63. The molecule has 2 aromatic rings. The van der Waals surface area contributed by atoms with E-state index in [-0.39, 0.29) is 16.8 Å². The lowest BCUT2D eigenvalue weighted by atomic mass is 10.1. The van der Waals surface area contributed by atoms with Crippen LogP contribution in [0.5, 0.6) is 0 Å². The first-order valence-corrected chi connectivity index (χ1v) is 12.1. The van der Waals surface area contributed by atoms with Crippen LogP contribution in [0.4, 0.5) is 11.5 Å². The number of carbonyl (C=O) groups excluding carboxylic acids is 1. The topological polar surface area (TPSA) is 107 Å². The van der Waals surface area contributed by atoms with Crippen molar-refractivity contribution < 1.29 is 13.2 Å². The van der Waals surface area contributed by atoms with E-state index in [9.17, 15) is 13.2 Å². The fraction of sp³-hybridized carbons (Fsp3) is 0.524. The molecule has 2 fully saturated rings. The molecule has 0 bridgehead atoms. The molecule has 30 heavy (non-hydrogen) atoms. The van der Waals surface area contributed by atoms with Crippen LogP contribution in [0, 0.1) is 6.92 Å². The van der Waals surface area contributed by atoms with E-state index in [0.29, 0.717) is 23.6 Å². The molecule has 9 heteroatoms. The molecular formula is C21H29N5O3S. The van der Waals surface area contributed by atoms with Crippen LogP contribution in [-0.4, -0.2) is 43.7 Å². The molecule has 1 aromatic carbocycles. The highest BCUT2D eigenvalue weighted by molar-refractivity contribution is 7.89. The number of sulfonamides is 1. The average molecular weight is 432 g/mol. The van der Waals surface area contributed by atoms with Gasteiger partial charge in [-0.15, -0.1) is 0 Å². The molecule has 0 radical (unpaired) electrons. The summed E-state index contributed by atoms with van der Waals surface area (Å²) >= 11 is 0. The van der Waals surface area contributed by atoms with Gasteiger partial charge in [0.25, 0.3) is 0 Å². The fourth-order valence-corrected chi connectivity index (χ4v) is 5.41. The quantitative estimate of drug-likeness (QED) is 0.625. The summed E-state index contributed by atoms with van der Waals surface area (Å²) in [6, 6.07) is 6.91. The van der Waals surface area contributed by atoms with E-state index in [0.717, 1.165) is 31.7 Å². The third-order valence-corrected chi connectivity index (χ3v) is 7.49. The van der Waals surface area contributed by atoms with Crippen LogP contribution < -0.4 is 14.9 Å². The third-order valence-electron chi connectivity index (χ3n) is 5.81. The molecule has 1 aliphatic carbocycles. The number of hydrogen-bond donors (Lipinski definition) is 3. The number of hydrogen-bond acceptors (Lipinski definition) is 5. The maximum absolute atomic E-state index is 12.9. The number of H-pyrrole nitrogens is 1. The number of carbonyl (C=O) groups is 1. The van der Waals surface area contributed by atoms with Crippen molar-refractivity contribution in [2.24, 2.45) is 0 Å². The summed E-state index contributed by atoms with van der Waals surface area (Å²) in [6.45, 7) is 5.05. The van der Waals surface area contributed by atoms with E-state index in [4.69, 9.17) is 0 Å². The van der Waals surface area contributed by atoms with Crippen molar-refractivity contribution >= 4 is 27.4 Å². The van der Waals surface area contributed by atoms with Crippen LogP contribution in [0.1, 0.15) is 56.2 Å². The average Bonchev–Trinajstić information content (AvgIpc) is 3.45. The molecule has 1 amide bonds. The first-order valence-electron chi connectivity index (χ1n) is 10.6. The summed E-state index contributed by atoms with van der Waals surface area (Å²) in [6.07, 6.45) is 4.30. The maximum atomic E-state index is 12.9. The predicted molar refractivity (Wildman–Crippen MR) is 116 cm³/mol.